The molecule has 6 heteroatoms. The van der Waals surface area contributed by atoms with Crippen molar-refractivity contribution in [2.45, 2.75) is 36.6 Å². The van der Waals surface area contributed by atoms with Crippen molar-refractivity contribution in [2.75, 3.05) is 6.61 Å². The molecule has 0 saturated heterocycles. The van der Waals surface area contributed by atoms with Gasteiger partial charge in [-0.05, 0) is 45.0 Å². The molecule has 19 heavy (non-hydrogen) atoms. The van der Waals surface area contributed by atoms with Gasteiger partial charge in [0.05, 0.1) is 12.2 Å². The molecule has 2 nitrogen and oxygen atoms in total. The van der Waals surface area contributed by atoms with Crippen molar-refractivity contribution >= 4 is 17.7 Å². The summed E-state index contributed by atoms with van der Waals surface area (Å²) in [6, 6.07) is 4.72. The number of ether oxygens (including phenoxy) is 1. The Morgan fingerprint density at radius 3 is 2.16 bits per heavy atom. The van der Waals surface area contributed by atoms with Gasteiger partial charge in [-0.25, -0.2) is 0 Å². The third-order valence-electron chi connectivity index (χ3n) is 2.32. The van der Waals surface area contributed by atoms with Crippen molar-refractivity contribution in [3.05, 3.63) is 29.8 Å². The van der Waals surface area contributed by atoms with Gasteiger partial charge in [0.15, 0.2) is 0 Å². The van der Waals surface area contributed by atoms with Gasteiger partial charge in [-0.3, -0.25) is 4.79 Å². The summed E-state index contributed by atoms with van der Waals surface area (Å²) in [5.41, 5.74) is -0.703. The highest BCUT2D eigenvalue weighted by Gasteiger charge is 2.32. The van der Waals surface area contributed by atoms with Crippen LogP contribution in [0.3, 0.4) is 0 Å². The van der Waals surface area contributed by atoms with Crippen LogP contribution < -0.4 is 0 Å². The Hall–Kier alpha value is -1.17. The summed E-state index contributed by atoms with van der Waals surface area (Å²) in [5, 5.41) is 0. The molecule has 0 aliphatic rings. The minimum Gasteiger partial charge on any atom is -0.465 e. The van der Waals surface area contributed by atoms with Gasteiger partial charge >= 0.3 is 12.1 Å². The molecule has 0 saturated carbocycles. The molecular formula is C13H15F3O2S. The van der Waals surface area contributed by atoms with Crippen LogP contribution in [0.15, 0.2) is 29.2 Å². The molecule has 1 aromatic rings. The Balaban J connectivity index is 2.80. The van der Waals surface area contributed by atoms with Crippen LogP contribution in [-0.4, -0.2) is 17.3 Å². The van der Waals surface area contributed by atoms with Crippen LogP contribution in [0.1, 0.15) is 26.3 Å². The topological polar surface area (TPSA) is 26.3 Å². The molecule has 0 fully saturated rings. The average Bonchev–Trinajstić information content (AvgIpc) is 2.28. The molecule has 0 aliphatic heterocycles. The first-order valence-corrected chi connectivity index (χ1v) is 6.52. The third kappa shape index (κ3) is 4.45. The summed E-state index contributed by atoms with van der Waals surface area (Å²) < 4.78 is 41.3. The first-order chi connectivity index (χ1) is 8.66. The minimum atomic E-state index is -4.35. The Kier molecular flexibility index (Phi) is 4.90. The number of benzene rings is 1. The van der Waals surface area contributed by atoms with E-state index in [1.54, 1.807) is 20.8 Å². The molecule has 0 radical (unpaired) electrons. The first kappa shape index (κ1) is 15.9. The molecule has 0 bridgehead atoms. The van der Waals surface area contributed by atoms with Gasteiger partial charge in [0.1, 0.15) is 4.75 Å². The van der Waals surface area contributed by atoms with Crippen molar-refractivity contribution in [3.63, 3.8) is 0 Å². The van der Waals surface area contributed by atoms with Crippen LogP contribution in [0.5, 0.6) is 0 Å². The zero-order valence-electron chi connectivity index (χ0n) is 10.9. The van der Waals surface area contributed by atoms with Crippen molar-refractivity contribution in [1.29, 1.82) is 0 Å². The van der Waals surface area contributed by atoms with Gasteiger partial charge in [-0.2, -0.15) is 13.2 Å². The fourth-order valence-electron chi connectivity index (χ4n) is 1.35. The van der Waals surface area contributed by atoms with Crippen LogP contribution >= 0.6 is 11.8 Å². The van der Waals surface area contributed by atoms with E-state index in [1.165, 1.54) is 23.9 Å². The van der Waals surface area contributed by atoms with Gasteiger partial charge in [-0.1, -0.05) is 0 Å². The molecule has 0 unspecified atom stereocenters. The fourth-order valence-corrected chi connectivity index (χ4v) is 2.36. The third-order valence-corrected chi connectivity index (χ3v) is 3.51. The predicted octanol–water partition coefficient (Wildman–Crippen LogP) is 4.14. The molecule has 1 aromatic carbocycles. The maximum atomic E-state index is 12.4. The number of alkyl halides is 3. The highest BCUT2D eigenvalue weighted by Crippen LogP contribution is 2.36. The highest BCUT2D eigenvalue weighted by molar-refractivity contribution is 8.01. The molecule has 1 rings (SSSR count). The number of rotatable bonds is 4. The maximum absolute atomic E-state index is 12.4. The second-order valence-corrected chi connectivity index (χ2v) is 6.05. The standard InChI is InChI=1S/C13H15F3O2S/c1-4-18-11(17)12(2,3)19-10-7-5-9(6-8-10)13(14,15)16/h5-8H,4H2,1-3H3. The van der Waals surface area contributed by atoms with E-state index in [1.807, 2.05) is 0 Å². The lowest BCUT2D eigenvalue weighted by Crippen LogP contribution is -2.29. The largest absolute Gasteiger partial charge is 0.465 e. The second kappa shape index (κ2) is 5.86. The molecular weight excluding hydrogens is 277 g/mol. The van der Waals surface area contributed by atoms with Crippen molar-refractivity contribution in [2.24, 2.45) is 0 Å². The number of carbonyl (C=O) groups excluding carboxylic acids is 1. The lowest BCUT2D eigenvalue weighted by atomic mass is 10.2. The molecule has 0 N–H and O–H groups in total. The number of esters is 1. The van der Waals surface area contributed by atoms with E-state index in [4.69, 9.17) is 4.74 Å². The smallest absolute Gasteiger partial charge is 0.416 e. The molecule has 0 aliphatic carbocycles. The van der Waals surface area contributed by atoms with E-state index in [-0.39, 0.29) is 12.6 Å². The predicted molar refractivity (Wildman–Crippen MR) is 68.0 cm³/mol. The van der Waals surface area contributed by atoms with Crippen LogP contribution in [0, 0.1) is 0 Å². The Morgan fingerprint density at radius 2 is 1.74 bits per heavy atom. The van der Waals surface area contributed by atoms with Crippen LogP contribution in [0.25, 0.3) is 0 Å². The summed E-state index contributed by atoms with van der Waals surface area (Å²) in [5.74, 6) is -0.389. The van der Waals surface area contributed by atoms with E-state index in [0.717, 1.165) is 12.1 Å². The number of hydrogen-bond donors (Lipinski definition) is 0. The van der Waals surface area contributed by atoms with E-state index < -0.39 is 16.5 Å². The zero-order valence-corrected chi connectivity index (χ0v) is 11.7. The van der Waals surface area contributed by atoms with Crippen molar-refractivity contribution in [1.82, 2.24) is 0 Å². The van der Waals surface area contributed by atoms with Gasteiger partial charge in [0, 0.05) is 4.90 Å². The van der Waals surface area contributed by atoms with Crippen LogP contribution in [0.4, 0.5) is 13.2 Å². The minimum absolute atomic E-state index is 0.274. The van der Waals surface area contributed by atoms with E-state index in [9.17, 15) is 18.0 Å². The SMILES string of the molecule is CCOC(=O)C(C)(C)Sc1ccc(C(F)(F)F)cc1. The highest BCUT2D eigenvalue weighted by atomic mass is 32.2. The second-order valence-electron chi connectivity index (χ2n) is 4.35. The van der Waals surface area contributed by atoms with Gasteiger partial charge in [0.25, 0.3) is 0 Å². The zero-order chi connectivity index (χ0) is 14.7. The van der Waals surface area contributed by atoms with Crippen LogP contribution in [-0.2, 0) is 15.7 Å². The Morgan fingerprint density at radius 1 is 1.21 bits per heavy atom. The quantitative estimate of drug-likeness (QED) is 0.616. The number of hydrogen-bond acceptors (Lipinski definition) is 3. The van der Waals surface area contributed by atoms with Crippen LogP contribution in [0.2, 0.25) is 0 Å². The number of carbonyl (C=O) groups is 1. The average molecular weight is 292 g/mol. The summed E-state index contributed by atoms with van der Waals surface area (Å²) in [7, 11) is 0. The Labute approximate surface area is 114 Å². The molecule has 106 valence electrons. The van der Waals surface area contributed by atoms with E-state index in [2.05, 4.69) is 0 Å². The van der Waals surface area contributed by atoms with E-state index in [0.29, 0.717) is 4.90 Å². The number of halogens is 3. The molecule has 0 amide bonds. The molecule has 0 aromatic heterocycles. The van der Waals surface area contributed by atoms with Gasteiger partial charge in [0.2, 0.25) is 0 Å². The lowest BCUT2D eigenvalue weighted by molar-refractivity contribution is -0.145. The monoisotopic (exact) mass is 292 g/mol. The molecule has 0 spiro atoms. The fraction of sp³-hybridized carbons (Fsp3) is 0.462. The summed E-state index contributed by atoms with van der Waals surface area (Å²) >= 11 is 1.17. The molecule has 0 heterocycles. The summed E-state index contributed by atoms with van der Waals surface area (Å²) in [6.07, 6.45) is -4.35. The summed E-state index contributed by atoms with van der Waals surface area (Å²) in [4.78, 5) is 12.3. The first-order valence-electron chi connectivity index (χ1n) is 5.70. The maximum Gasteiger partial charge on any atom is 0.416 e. The Bertz CT molecular complexity index is 438. The van der Waals surface area contributed by atoms with Gasteiger partial charge < -0.3 is 4.74 Å². The van der Waals surface area contributed by atoms with E-state index >= 15 is 0 Å². The number of thioether (sulfide) groups is 1. The molecule has 0 atom stereocenters. The van der Waals surface area contributed by atoms with Crippen molar-refractivity contribution in [3.8, 4) is 0 Å². The van der Waals surface area contributed by atoms with Crippen molar-refractivity contribution < 1.29 is 22.7 Å². The summed E-state index contributed by atoms with van der Waals surface area (Å²) in [6.45, 7) is 5.33. The lowest BCUT2D eigenvalue weighted by Gasteiger charge is -2.21. The normalized spacial score (nSPS) is 12.3. The van der Waals surface area contributed by atoms with Gasteiger partial charge in [-0.15, -0.1) is 11.8 Å².